The Bertz CT molecular complexity index is 918. The fourth-order valence-electron chi connectivity index (χ4n) is 2.52. The molecule has 0 bridgehead atoms. The third kappa shape index (κ3) is 4.16. The standard InChI is InChI=1S/C20H19N3O3/c1-2-21-18(24)13-26-16-10-8-15(9-11-16)23-20(25)17-7-3-5-14-6-4-12-22-19(14)17/h3-12H,2,13H2,1H3,(H,21,24)(H,23,25). The number of likely N-dealkylation sites (N-methyl/N-ethyl adjacent to an activating group) is 1. The summed E-state index contributed by atoms with van der Waals surface area (Å²) in [6.07, 6.45) is 1.67. The number of hydrogen-bond acceptors (Lipinski definition) is 4. The van der Waals surface area contributed by atoms with Crippen LogP contribution in [0.5, 0.6) is 5.75 Å². The Morgan fingerprint density at radius 1 is 1.04 bits per heavy atom. The lowest BCUT2D eigenvalue weighted by Gasteiger charge is -2.09. The van der Waals surface area contributed by atoms with Crippen LogP contribution >= 0.6 is 0 Å². The first kappa shape index (κ1) is 17.4. The molecule has 2 aromatic carbocycles. The van der Waals surface area contributed by atoms with E-state index in [2.05, 4.69) is 15.6 Å². The number of rotatable bonds is 6. The second-order valence-corrected chi connectivity index (χ2v) is 5.60. The number of para-hydroxylation sites is 1. The summed E-state index contributed by atoms with van der Waals surface area (Å²) in [5.41, 5.74) is 1.81. The fourth-order valence-corrected chi connectivity index (χ4v) is 2.52. The van der Waals surface area contributed by atoms with E-state index in [1.165, 1.54) is 0 Å². The maximum Gasteiger partial charge on any atom is 0.257 e. The van der Waals surface area contributed by atoms with Crippen molar-refractivity contribution in [3.05, 3.63) is 66.4 Å². The average molecular weight is 349 g/mol. The fraction of sp³-hybridized carbons (Fsp3) is 0.150. The van der Waals surface area contributed by atoms with Crippen LogP contribution in [0, 0.1) is 0 Å². The van der Waals surface area contributed by atoms with Crippen LogP contribution in [0.2, 0.25) is 0 Å². The first-order valence-corrected chi connectivity index (χ1v) is 8.32. The highest BCUT2D eigenvalue weighted by Gasteiger charge is 2.11. The topological polar surface area (TPSA) is 80.3 Å². The van der Waals surface area contributed by atoms with E-state index in [4.69, 9.17) is 4.74 Å². The zero-order chi connectivity index (χ0) is 18.4. The van der Waals surface area contributed by atoms with Gasteiger partial charge in [0, 0.05) is 23.8 Å². The Kier molecular flexibility index (Phi) is 5.43. The van der Waals surface area contributed by atoms with Crippen LogP contribution in [0.1, 0.15) is 17.3 Å². The molecule has 132 valence electrons. The number of amides is 2. The molecule has 6 nitrogen and oxygen atoms in total. The van der Waals surface area contributed by atoms with Crippen LogP contribution in [0.15, 0.2) is 60.8 Å². The van der Waals surface area contributed by atoms with Gasteiger partial charge < -0.3 is 15.4 Å². The minimum absolute atomic E-state index is 0.0405. The average Bonchev–Trinajstić information content (AvgIpc) is 2.67. The Morgan fingerprint density at radius 3 is 2.58 bits per heavy atom. The van der Waals surface area contributed by atoms with Crippen LogP contribution in [0.25, 0.3) is 10.9 Å². The van der Waals surface area contributed by atoms with Crippen LogP contribution in [0.3, 0.4) is 0 Å². The van der Waals surface area contributed by atoms with Gasteiger partial charge in [0.2, 0.25) is 0 Å². The molecule has 0 aliphatic carbocycles. The molecule has 0 radical (unpaired) electrons. The molecular formula is C20H19N3O3. The SMILES string of the molecule is CCNC(=O)COc1ccc(NC(=O)c2cccc3cccnc23)cc1. The molecule has 2 N–H and O–H groups in total. The number of nitrogens with zero attached hydrogens (tertiary/aromatic N) is 1. The van der Waals surface area contributed by atoms with Crippen molar-refractivity contribution >= 4 is 28.4 Å². The molecule has 3 rings (SSSR count). The zero-order valence-electron chi connectivity index (χ0n) is 14.4. The Balaban J connectivity index is 1.67. The molecule has 6 heteroatoms. The van der Waals surface area contributed by atoms with Gasteiger partial charge in [-0.15, -0.1) is 0 Å². The van der Waals surface area contributed by atoms with Crippen molar-refractivity contribution in [1.29, 1.82) is 0 Å². The van der Waals surface area contributed by atoms with Crippen molar-refractivity contribution in [2.24, 2.45) is 0 Å². The predicted octanol–water partition coefficient (Wildman–Crippen LogP) is 3.00. The molecule has 0 saturated heterocycles. The molecule has 0 unspecified atom stereocenters. The number of carbonyl (C=O) groups excluding carboxylic acids is 2. The van der Waals surface area contributed by atoms with Crippen LogP contribution in [-0.2, 0) is 4.79 Å². The molecule has 0 aliphatic rings. The van der Waals surface area contributed by atoms with E-state index in [0.717, 1.165) is 5.39 Å². The molecule has 3 aromatic rings. The summed E-state index contributed by atoms with van der Waals surface area (Å²) in [5.74, 6) is 0.153. The quantitative estimate of drug-likeness (QED) is 0.717. The predicted molar refractivity (Wildman–Crippen MR) is 100 cm³/mol. The van der Waals surface area contributed by atoms with Crippen LogP contribution in [0.4, 0.5) is 5.69 Å². The van der Waals surface area contributed by atoms with Gasteiger partial charge in [-0.1, -0.05) is 18.2 Å². The Morgan fingerprint density at radius 2 is 1.81 bits per heavy atom. The second-order valence-electron chi connectivity index (χ2n) is 5.60. The van der Waals surface area contributed by atoms with Crippen molar-refractivity contribution in [3.8, 4) is 5.75 Å². The van der Waals surface area contributed by atoms with E-state index in [1.807, 2.05) is 31.2 Å². The van der Waals surface area contributed by atoms with Gasteiger partial charge in [0.15, 0.2) is 6.61 Å². The minimum atomic E-state index is -0.231. The van der Waals surface area contributed by atoms with Gasteiger partial charge in [0.25, 0.3) is 11.8 Å². The number of benzene rings is 2. The Hall–Kier alpha value is -3.41. The maximum atomic E-state index is 12.6. The molecule has 2 amide bonds. The van der Waals surface area contributed by atoms with Crippen LogP contribution < -0.4 is 15.4 Å². The van der Waals surface area contributed by atoms with Crippen LogP contribution in [-0.4, -0.2) is 29.9 Å². The van der Waals surface area contributed by atoms with Crippen molar-refractivity contribution in [1.82, 2.24) is 10.3 Å². The number of ether oxygens (including phenoxy) is 1. The summed E-state index contributed by atoms with van der Waals surface area (Å²) in [7, 11) is 0. The van der Waals surface area contributed by atoms with Crippen molar-refractivity contribution in [2.45, 2.75) is 6.92 Å². The Labute approximate surface area is 151 Å². The summed E-state index contributed by atoms with van der Waals surface area (Å²) in [6.45, 7) is 2.37. The lowest BCUT2D eigenvalue weighted by atomic mass is 10.1. The van der Waals surface area contributed by atoms with E-state index in [1.54, 1.807) is 36.5 Å². The zero-order valence-corrected chi connectivity index (χ0v) is 14.4. The first-order chi connectivity index (χ1) is 12.7. The molecule has 0 atom stereocenters. The smallest absolute Gasteiger partial charge is 0.257 e. The third-order valence-electron chi connectivity index (χ3n) is 3.73. The molecule has 1 heterocycles. The van der Waals surface area contributed by atoms with Crippen molar-refractivity contribution < 1.29 is 14.3 Å². The number of hydrogen-bond donors (Lipinski definition) is 2. The molecule has 0 fully saturated rings. The number of pyridine rings is 1. The van der Waals surface area contributed by atoms with E-state index < -0.39 is 0 Å². The van der Waals surface area contributed by atoms with Gasteiger partial charge in [-0.05, 0) is 43.3 Å². The lowest BCUT2D eigenvalue weighted by molar-refractivity contribution is -0.122. The molecule has 0 aliphatic heterocycles. The number of aromatic nitrogens is 1. The first-order valence-electron chi connectivity index (χ1n) is 8.32. The van der Waals surface area contributed by atoms with Gasteiger partial charge in [-0.3, -0.25) is 14.6 Å². The molecule has 0 saturated carbocycles. The number of fused-ring (bicyclic) bond motifs is 1. The van der Waals surface area contributed by atoms with Gasteiger partial charge in [-0.2, -0.15) is 0 Å². The monoisotopic (exact) mass is 349 g/mol. The molecular weight excluding hydrogens is 330 g/mol. The highest BCUT2D eigenvalue weighted by molar-refractivity contribution is 6.11. The van der Waals surface area contributed by atoms with Gasteiger partial charge in [-0.25, -0.2) is 0 Å². The van der Waals surface area contributed by atoms with Crippen molar-refractivity contribution in [3.63, 3.8) is 0 Å². The number of nitrogens with one attached hydrogen (secondary N) is 2. The van der Waals surface area contributed by atoms with Crippen molar-refractivity contribution in [2.75, 3.05) is 18.5 Å². The molecule has 0 spiro atoms. The number of carbonyl (C=O) groups is 2. The summed E-state index contributed by atoms with van der Waals surface area (Å²) in [4.78, 5) is 28.3. The highest BCUT2D eigenvalue weighted by Crippen LogP contribution is 2.19. The molecule has 26 heavy (non-hydrogen) atoms. The van der Waals surface area contributed by atoms with Gasteiger partial charge >= 0.3 is 0 Å². The maximum absolute atomic E-state index is 12.6. The largest absolute Gasteiger partial charge is 0.484 e. The minimum Gasteiger partial charge on any atom is -0.484 e. The highest BCUT2D eigenvalue weighted by atomic mass is 16.5. The lowest BCUT2D eigenvalue weighted by Crippen LogP contribution is -2.28. The van der Waals surface area contributed by atoms with E-state index in [0.29, 0.717) is 29.1 Å². The summed E-state index contributed by atoms with van der Waals surface area (Å²) in [5, 5.41) is 6.42. The number of anilines is 1. The van der Waals surface area contributed by atoms with Gasteiger partial charge in [0.05, 0.1) is 11.1 Å². The second kappa shape index (κ2) is 8.11. The van der Waals surface area contributed by atoms with E-state index in [9.17, 15) is 9.59 Å². The van der Waals surface area contributed by atoms with E-state index in [-0.39, 0.29) is 18.4 Å². The normalized spacial score (nSPS) is 10.3. The summed E-state index contributed by atoms with van der Waals surface area (Å²) >= 11 is 0. The van der Waals surface area contributed by atoms with Gasteiger partial charge in [0.1, 0.15) is 5.75 Å². The summed E-state index contributed by atoms with van der Waals surface area (Å²) < 4.78 is 5.39. The van der Waals surface area contributed by atoms with E-state index >= 15 is 0 Å². The summed E-state index contributed by atoms with van der Waals surface area (Å²) in [6, 6.07) is 16.1. The molecule has 1 aromatic heterocycles. The third-order valence-corrected chi connectivity index (χ3v) is 3.73.